The van der Waals surface area contributed by atoms with Crippen LogP contribution < -0.4 is 10.2 Å². The second-order valence-electron chi connectivity index (χ2n) is 6.10. The molecule has 0 bridgehead atoms. The normalized spacial score (nSPS) is 11.0. The van der Waals surface area contributed by atoms with Gasteiger partial charge in [-0.05, 0) is 49.6 Å². The molecule has 0 atom stereocenters. The van der Waals surface area contributed by atoms with Gasteiger partial charge in [-0.2, -0.15) is 5.10 Å². The molecular formula is C22H26N2O4. The Morgan fingerprint density at radius 2 is 1.68 bits per heavy atom. The maximum Gasteiger partial charge on any atom is 0.338 e. The number of carbonyl (C=O) groups excluding carboxylic acids is 2. The molecule has 0 spiro atoms. The van der Waals surface area contributed by atoms with Gasteiger partial charge >= 0.3 is 5.97 Å². The fourth-order valence-electron chi connectivity index (χ4n) is 2.45. The fraction of sp³-hybridized carbons (Fsp3) is 0.318. The van der Waals surface area contributed by atoms with Crippen LogP contribution in [-0.2, 0) is 9.53 Å². The van der Waals surface area contributed by atoms with E-state index in [0.29, 0.717) is 17.9 Å². The van der Waals surface area contributed by atoms with Crippen LogP contribution in [0.15, 0.2) is 59.7 Å². The average Bonchev–Trinajstić information content (AvgIpc) is 2.73. The number of benzene rings is 2. The monoisotopic (exact) mass is 382 g/mol. The molecule has 1 N–H and O–H groups in total. The van der Waals surface area contributed by atoms with Crippen molar-refractivity contribution < 1.29 is 19.1 Å². The maximum atomic E-state index is 12.1. The number of amides is 1. The van der Waals surface area contributed by atoms with E-state index in [1.54, 1.807) is 31.2 Å². The van der Waals surface area contributed by atoms with Gasteiger partial charge in [0.15, 0.2) is 6.61 Å². The number of nitrogens with one attached hydrogen (secondary N) is 1. The molecule has 0 heterocycles. The van der Waals surface area contributed by atoms with Crippen LogP contribution in [0.3, 0.4) is 0 Å². The summed E-state index contributed by atoms with van der Waals surface area (Å²) in [5.41, 5.74) is 4.83. The first-order valence-corrected chi connectivity index (χ1v) is 9.44. The van der Waals surface area contributed by atoms with Gasteiger partial charge < -0.3 is 9.47 Å². The molecular weight excluding hydrogens is 356 g/mol. The number of rotatable bonds is 10. The first-order chi connectivity index (χ1) is 13.6. The Morgan fingerprint density at radius 3 is 2.32 bits per heavy atom. The average molecular weight is 382 g/mol. The van der Waals surface area contributed by atoms with Gasteiger partial charge in [-0.3, -0.25) is 4.79 Å². The lowest BCUT2D eigenvalue weighted by Crippen LogP contribution is -2.26. The molecule has 148 valence electrons. The topological polar surface area (TPSA) is 77.0 Å². The molecule has 6 heteroatoms. The summed E-state index contributed by atoms with van der Waals surface area (Å²) in [6.07, 6.45) is 2.83. The molecule has 0 saturated carbocycles. The zero-order valence-electron chi connectivity index (χ0n) is 16.3. The number of esters is 1. The van der Waals surface area contributed by atoms with Crippen LogP contribution in [-0.4, -0.2) is 30.8 Å². The number of hydrogen-bond donors (Lipinski definition) is 1. The Morgan fingerprint density at radius 1 is 0.964 bits per heavy atom. The predicted molar refractivity (Wildman–Crippen MR) is 109 cm³/mol. The fourth-order valence-corrected chi connectivity index (χ4v) is 2.45. The third kappa shape index (κ3) is 6.87. The highest BCUT2D eigenvalue weighted by molar-refractivity contribution is 6.01. The van der Waals surface area contributed by atoms with E-state index in [9.17, 15) is 9.59 Å². The van der Waals surface area contributed by atoms with Gasteiger partial charge in [0, 0.05) is 0 Å². The number of nitrogens with zero attached hydrogens (tertiary/aromatic N) is 1. The van der Waals surface area contributed by atoms with Crippen LogP contribution >= 0.6 is 0 Å². The molecule has 0 aromatic heterocycles. The SMILES string of the molecule is CCCCC(=NNC(=O)COc1ccc(C(=O)OCC)cc1)c1ccccc1. The number of hydrogen-bond acceptors (Lipinski definition) is 5. The van der Waals surface area contributed by atoms with Crippen LogP contribution in [0.2, 0.25) is 0 Å². The van der Waals surface area contributed by atoms with Gasteiger partial charge in [0.05, 0.1) is 17.9 Å². The first-order valence-electron chi connectivity index (χ1n) is 9.44. The zero-order chi connectivity index (χ0) is 20.2. The van der Waals surface area contributed by atoms with Gasteiger partial charge in [-0.25, -0.2) is 10.2 Å². The summed E-state index contributed by atoms with van der Waals surface area (Å²) in [5, 5.41) is 4.28. The summed E-state index contributed by atoms with van der Waals surface area (Å²) >= 11 is 0. The Labute approximate surface area is 165 Å². The van der Waals surface area contributed by atoms with Crippen molar-refractivity contribution in [1.82, 2.24) is 5.43 Å². The molecule has 0 aliphatic carbocycles. The van der Waals surface area contributed by atoms with E-state index in [4.69, 9.17) is 9.47 Å². The summed E-state index contributed by atoms with van der Waals surface area (Å²) in [7, 11) is 0. The maximum absolute atomic E-state index is 12.1. The van der Waals surface area contributed by atoms with E-state index in [1.807, 2.05) is 30.3 Å². The Hall–Kier alpha value is -3.15. The smallest absolute Gasteiger partial charge is 0.338 e. The van der Waals surface area contributed by atoms with E-state index in [0.717, 1.165) is 30.5 Å². The van der Waals surface area contributed by atoms with Crippen LogP contribution in [0.25, 0.3) is 0 Å². The van der Waals surface area contributed by atoms with E-state index in [2.05, 4.69) is 17.5 Å². The van der Waals surface area contributed by atoms with Gasteiger partial charge in [-0.15, -0.1) is 0 Å². The van der Waals surface area contributed by atoms with Gasteiger partial charge in [-0.1, -0.05) is 43.7 Å². The first kappa shape index (κ1) is 21.2. The Bertz CT molecular complexity index is 786. The van der Waals surface area contributed by atoms with Crippen LogP contribution in [0, 0.1) is 0 Å². The summed E-state index contributed by atoms with van der Waals surface area (Å²) in [5.74, 6) is -0.248. The van der Waals surface area contributed by atoms with E-state index < -0.39 is 0 Å². The molecule has 0 unspecified atom stereocenters. The van der Waals surface area contributed by atoms with Gasteiger partial charge in [0.1, 0.15) is 5.75 Å². The number of unbranched alkanes of at least 4 members (excludes halogenated alkanes) is 1. The lowest BCUT2D eigenvalue weighted by Gasteiger charge is -2.08. The number of hydrazone groups is 1. The molecule has 0 radical (unpaired) electrons. The minimum Gasteiger partial charge on any atom is -0.484 e. The Balaban J connectivity index is 1.89. The third-order valence-corrected chi connectivity index (χ3v) is 3.93. The predicted octanol–water partition coefficient (Wildman–Crippen LogP) is 3.95. The van der Waals surface area contributed by atoms with Crippen molar-refractivity contribution in [1.29, 1.82) is 0 Å². The summed E-state index contributed by atoms with van der Waals surface area (Å²) < 4.78 is 10.4. The molecule has 2 rings (SSSR count). The van der Waals surface area contributed by atoms with Crippen LogP contribution in [0.5, 0.6) is 5.75 Å². The van der Waals surface area contributed by atoms with Crippen molar-refractivity contribution in [3.63, 3.8) is 0 Å². The van der Waals surface area contributed by atoms with E-state index in [-0.39, 0.29) is 18.5 Å². The third-order valence-electron chi connectivity index (χ3n) is 3.93. The summed E-state index contributed by atoms with van der Waals surface area (Å²) in [4.78, 5) is 23.7. The Kier molecular flexibility index (Phi) is 8.72. The highest BCUT2D eigenvalue weighted by Gasteiger charge is 2.08. The molecule has 6 nitrogen and oxygen atoms in total. The second-order valence-corrected chi connectivity index (χ2v) is 6.10. The molecule has 0 aliphatic heterocycles. The molecule has 0 saturated heterocycles. The minimum atomic E-state index is -0.387. The van der Waals surface area contributed by atoms with Crippen LogP contribution in [0.1, 0.15) is 49.0 Å². The van der Waals surface area contributed by atoms with E-state index >= 15 is 0 Å². The molecule has 0 fully saturated rings. The minimum absolute atomic E-state index is 0.169. The van der Waals surface area contributed by atoms with Crippen molar-refractivity contribution in [2.24, 2.45) is 5.10 Å². The standard InChI is InChI=1S/C22H26N2O4/c1-3-5-11-20(17-9-7-6-8-10-17)23-24-21(25)16-28-19-14-12-18(13-15-19)22(26)27-4-2/h6-10,12-15H,3-5,11,16H2,1-2H3,(H,24,25). The highest BCUT2D eigenvalue weighted by atomic mass is 16.5. The molecule has 28 heavy (non-hydrogen) atoms. The largest absolute Gasteiger partial charge is 0.484 e. The molecule has 1 amide bonds. The van der Waals surface area contributed by atoms with Gasteiger partial charge in [0.2, 0.25) is 0 Å². The number of ether oxygens (including phenoxy) is 2. The summed E-state index contributed by atoms with van der Waals surface area (Å²) in [6, 6.07) is 16.2. The van der Waals surface area contributed by atoms with Crippen molar-refractivity contribution in [3.05, 3.63) is 65.7 Å². The van der Waals surface area contributed by atoms with Crippen molar-refractivity contribution in [3.8, 4) is 5.75 Å². The number of carbonyl (C=O) groups is 2. The summed E-state index contributed by atoms with van der Waals surface area (Å²) in [6.45, 7) is 4.02. The lowest BCUT2D eigenvalue weighted by molar-refractivity contribution is -0.123. The van der Waals surface area contributed by atoms with Crippen LogP contribution in [0.4, 0.5) is 0 Å². The lowest BCUT2D eigenvalue weighted by atomic mass is 10.1. The quantitative estimate of drug-likeness (QED) is 0.383. The highest BCUT2D eigenvalue weighted by Crippen LogP contribution is 2.13. The van der Waals surface area contributed by atoms with E-state index in [1.165, 1.54) is 0 Å². The molecule has 0 aliphatic rings. The van der Waals surface area contributed by atoms with Crippen molar-refractivity contribution in [2.45, 2.75) is 33.1 Å². The van der Waals surface area contributed by atoms with Crippen molar-refractivity contribution in [2.75, 3.05) is 13.2 Å². The zero-order valence-corrected chi connectivity index (χ0v) is 16.3. The molecule has 2 aromatic carbocycles. The molecule has 2 aromatic rings. The van der Waals surface area contributed by atoms with Gasteiger partial charge in [0.25, 0.3) is 5.91 Å². The second kappa shape index (κ2) is 11.5. The van der Waals surface area contributed by atoms with Crippen molar-refractivity contribution >= 4 is 17.6 Å².